The van der Waals surface area contributed by atoms with Gasteiger partial charge in [0.25, 0.3) is 0 Å². The zero-order valence-electron chi connectivity index (χ0n) is 12.6. The van der Waals surface area contributed by atoms with Gasteiger partial charge in [-0.2, -0.15) is 0 Å². The minimum absolute atomic E-state index is 0.0801. The number of carbonyl (C=O) groups excluding carboxylic acids is 1. The highest BCUT2D eigenvalue weighted by molar-refractivity contribution is 5.73. The molecule has 0 unspecified atom stereocenters. The summed E-state index contributed by atoms with van der Waals surface area (Å²) >= 11 is 0. The smallest absolute Gasteiger partial charge is 0.315 e. The van der Waals surface area contributed by atoms with Crippen molar-refractivity contribution in [1.29, 1.82) is 0 Å². The monoisotopic (exact) mass is 279 g/mol. The molecule has 20 heavy (non-hydrogen) atoms. The van der Waals surface area contributed by atoms with E-state index in [1.54, 1.807) is 6.20 Å². The summed E-state index contributed by atoms with van der Waals surface area (Å²) in [6, 6.07) is 3.66. The van der Waals surface area contributed by atoms with Gasteiger partial charge in [-0.1, -0.05) is 19.9 Å². The lowest BCUT2D eigenvalue weighted by Crippen LogP contribution is -2.36. The van der Waals surface area contributed by atoms with Gasteiger partial charge in [0.05, 0.1) is 12.2 Å². The molecule has 5 heteroatoms. The van der Waals surface area contributed by atoms with E-state index in [2.05, 4.69) is 15.6 Å². The van der Waals surface area contributed by atoms with Crippen molar-refractivity contribution in [3.8, 4) is 0 Å². The Hall–Kier alpha value is -1.62. The molecule has 0 saturated heterocycles. The van der Waals surface area contributed by atoms with E-state index in [1.165, 1.54) is 0 Å². The Bertz CT molecular complexity index is 433. The lowest BCUT2D eigenvalue weighted by atomic mass is 9.89. The van der Waals surface area contributed by atoms with Crippen molar-refractivity contribution in [3.63, 3.8) is 0 Å². The fraction of sp³-hybridized carbons (Fsp3) is 0.600. The lowest BCUT2D eigenvalue weighted by molar-refractivity contribution is 0.148. The summed E-state index contributed by atoms with van der Waals surface area (Å²) in [5.74, 6) is 0. The van der Waals surface area contributed by atoms with Gasteiger partial charge in [-0.15, -0.1) is 0 Å². The quantitative estimate of drug-likeness (QED) is 0.668. The minimum Gasteiger partial charge on any atom is -0.396 e. The first kappa shape index (κ1) is 16.4. The molecule has 5 nitrogen and oxygen atoms in total. The van der Waals surface area contributed by atoms with Gasteiger partial charge < -0.3 is 15.7 Å². The maximum Gasteiger partial charge on any atom is 0.315 e. The number of nitrogens with one attached hydrogen (secondary N) is 2. The average molecular weight is 279 g/mol. The van der Waals surface area contributed by atoms with E-state index in [9.17, 15) is 4.79 Å². The predicted octanol–water partition coefficient (Wildman–Crippen LogP) is 1.99. The number of carbonyl (C=O) groups is 1. The van der Waals surface area contributed by atoms with E-state index in [4.69, 9.17) is 5.11 Å². The summed E-state index contributed by atoms with van der Waals surface area (Å²) in [6.45, 7) is 7.20. The molecule has 0 aromatic carbocycles. The summed E-state index contributed by atoms with van der Waals surface area (Å²) in [5.41, 5.74) is 1.87. The number of nitrogens with zero attached hydrogens (tertiary/aromatic N) is 1. The Labute approximate surface area is 120 Å². The fourth-order valence-corrected chi connectivity index (χ4v) is 1.78. The molecular weight excluding hydrogens is 254 g/mol. The molecule has 1 aromatic rings. The highest BCUT2D eigenvalue weighted by atomic mass is 16.3. The lowest BCUT2D eigenvalue weighted by Gasteiger charge is -2.21. The number of pyridine rings is 1. The van der Waals surface area contributed by atoms with E-state index in [0.29, 0.717) is 13.1 Å². The van der Waals surface area contributed by atoms with Gasteiger partial charge in [0.15, 0.2) is 0 Å². The highest BCUT2D eigenvalue weighted by Crippen LogP contribution is 2.20. The van der Waals surface area contributed by atoms with Gasteiger partial charge in [-0.25, -0.2) is 4.79 Å². The molecule has 1 heterocycles. The first-order valence-electron chi connectivity index (χ1n) is 6.98. The normalized spacial score (nSPS) is 11.2. The van der Waals surface area contributed by atoms with Crippen molar-refractivity contribution in [3.05, 3.63) is 29.6 Å². The van der Waals surface area contributed by atoms with Crippen LogP contribution in [0.4, 0.5) is 4.79 Å². The molecule has 0 atom stereocenters. The number of hydrogen-bond acceptors (Lipinski definition) is 3. The maximum absolute atomic E-state index is 11.6. The van der Waals surface area contributed by atoms with Crippen molar-refractivity contribution < 1.29 is 9.90 Å². The Morgan fingerprint density at radius 2 is 2.15 bits per heavy atom. The van der Waals surface area contributed by atoms with Crippen LogP contribution in [0.25, 0.3) is 0 Å². The third-order valence-electron chi connectivity index (χ3n) is 3.28. The predicted molar refractivity (Wildman–Crippen MR) is 79.3 cm³/mol. The number of aryl methyl sites for hydroxylation is 1. The van der Waals surface area contributed by atoms with Crippen molar-refractivity contribution in [2.24, 2.45) is 5.41 Å². The Morgan fingerprint density at radius 3 is 2.80 bits per heavy atom. The van der Waals surface area contributed by atoms with E-state index in [1.807, 2.05) is 32.9 Å². The molecule has 0 bridgehead atoms. The first-order valence-corrected chi connectivity index (χ1v) is 6.98. The molecule has 3 N–H and O–H groups in total. The molecule has 112 valence electrons. The van der Waals surface area contributed by atoms with Crippen LogP contribution in [0.5, 0.6) is 0 Å². The van der Waals surface area contributed by atoms with Crippen LogP contribution in [0.2, 0.25) is 0 Å². The molecule has 1 rings (SSSR count). The molecule has 0 saturated carbocycles. The Morgan fingerprint density at radius 1 is 1.40 bits per heavy atom. The second-order valence-corrected chi connectivity index (χ2v) is 5.80. The number of hydrogen-bond donors (Lipinski definition) is 3. The van der Waals surface area contributed by atoms with Gasteiger partial charge in [-0.05, 0) is 36.8 Å². The number of aliphatic hydroxyl groups excluding tert-OH is 1. The van der Waals surface area contributed by atoms with Crippen LogP contribution in [0.3, 0.4) is 0 Å². The Kier molecular flexibility index (Phi) is 6.45. The summed E-state index contributed by atoms with van der Waals surface area (Å²) in [4.78, 5) is 15.8. The van der Waals surface area contributed by atoms with Crippen LogP contribution in [0.1, 0.15) is 37.9 Å². The molecule has 1 aromatic heterocycles. The van der Waals surface area contributed by atoms with Crippen LogP contribution in [0.15, 0.2) is 18.3 Å². The van der Waals surface area contributed by atoms with Crippen molar-refractivity contribution in [2.45, 2.75) is 40.2 Å². The third kappa shape index (κ3) is 6.02. The molecule has 0 aliphatic carbocycles. The zero-order valence-corrected chi connectivity index (χ0v) is 12.6. The van der Waals surface area contributed by atoms with Crippen LogP contribution in [-0.4, -0.2) is 29.3 Å². The first-order chi connectivity index (χ1) is 9.44. The molecular formula is C15H25N3O2. The number of rotatable bonds is 7. The van der Waals surface area contributed by atoms with Gasteiger partial charge in [0.2, 0.25) is 0 Å². The van der Waals surface area contributed by atoms with Crippen molar-refractivity contribution in [1.82, 2.24) is 15.6 Å². The standard InChI is InChI=1S/C15H25N3O2/c1-12-6-4-8-16-13(12)10-18-14(20)17-9-5-7-15(2,3)11-19/h4,6,8,19H,5,7,9-11H2,1-3H3,(H2,17,18,20). The van der Waals surface area contributed by atoms with Crippen LogP contribution in [-0.2, 0) is 6.54 Å². The van der Waals surface area contributed by atoms with E-state index in [0.717, 1.165) is 24.1 Å². The van der Waals surface area contributed by atoms with Crippen LogP contribution in [0, 0.1) is 12.3 Å². The second-order valence-electron chi connectivity index (χ2n) is 5.80. The van der Waals surface area contributed by atoms with E-state index < -0.39 is 0 Å². The van der Waals surface area contributed by atoms with E-state index >= 15 is 0 Å². The van der Waals surface area contributed by atoms with Gasteiger partial charge in [-0.3, -0.25) is 4.98 Å². The summed E-state index contributed by atoms with van der Waals surface area (Å²) in [5, 5.41) is 14.7. The summed E-state index contributed by atoms with van der Waals surface area (Å²) in [7, 11) is 0. The fourth-order valence-electron chi connectivity index (χ4n) is 1.78. The third-order valence-corrected chi connectivity index (χ3v) is 3.28. The number of urea groups is 1. The van der Waals surface area contributed by atoms with Gasteiger partial charge in [0, 0.05) is 19.3 Å². The average Bonchev–Trinajstić information content (AvgIpc) is 2.43. The van der Waals surface area contributed by atoms with Crippen LogP contribution < -0.4 is 10.6 Å². The Balaban J connectivity index is 2.20. The highest BCUT2D eigenvalue weighted by Gasteiger charge is 2.15. The number of aliphatic hydroxyl groups is 1. The molecule has 0 aliphatic heterocycles. The topological polar surface area (TPSA) is 74.2 Å². The van der Waals surface area contributed by atoms with Crippen LogP contribution >= 0.6 is 0 Å². The summed E-state index contributed by atoms with van der Waals surface area (Å²) in [6.07, 6.45) is 3.45. The van der Waals surface area contributed by atoms with Gasteiger partial charge in [0.1, 0.15) is 0 Å². The zero-order chi connectivity index (χ0) is 15.0. The van der Waals surface area contributed by atoms with E-state index in [-0.39, 0.29) is 18.1 Å². The largest absolute Gasteiger partial charge is 0.396 e. The second kappa shape index (κ2) is 7.85. The molecule has 2 amide bonds. The molecule has 0 fully saturated rings. The van der Waals surface area contributed by atoms with Crippen molar-refractivity contribution >= 4 is 6.03 Å². The minimum atomic E-state index is -0.183. The SMILES string of the molecule is Cc1cccnc1CNC(=O)NCCCC(C)(C)CO. The maximum atomic E-state index is 11.6. The molecule has 0 aliphatic rings. The summed E-state index contributed by atoms with van der Waals surface area (Å²) < 4.78 is 0. The molecule has 0 radical (unpaired) electrons. The number of amides is 2. The van der Waals surface area contributed by atoms with Gasteiger partial charge >= 0.3 is 6.03 Å². The number of aromatic nitrogens is 1. The molecule has 0 spiro atoms. The van der Waals surface area contributed by atoms with Crippen molar-refractivity contribution in [2.75, 3.05) is 13.2 Å².